The molecular weight excluding hydrogens is 354 g/mol. The lowest BCUT2D eigenvalue weighted by molar-refractivity contribution is -0.140. The van der Waals surface area contributed by atoms with Gasteiger partial charge in [-0.1, -0.05) is 11.6 Å². The number of nitrogens with zero attached hydrogens (tertiary/aromatic N) is 3. The van der Waals surface area contributed by atoms with Gasteiger partial charge in [0, 0.05) is 44.7 Å². The van der Waals surface area contributed by atoms with E-state index < -0.39 is 0 Å². The third-order valence-corrected chi connectivity index (χ3v) is 5.00. The van der Waals surface area contributed by atoms with Crippen molar-refractivity contribution in [2.24, 2.45) is 5.92 Å². The molecule has 6 nitrogen and oxygen atoms in total. The van der Waals surface area contributed by atoms with E-state index in [2.05, 4.69) is 4.98 Å². The molecule has 1 aliphatic rings. The second-order valence-electron chi connectivity index (χ2n) is 6.62. The number of fused-ring (bicyclic) bond motifs is 1. The van der Waals surface area contributed by atoms with Crippen LogP contribution in [0.4, 0.5) is 0 Å². The normalized spacial score (nSPS) is 15.1. The van der Waals surface area contributed by atoms with Crippen molar-refractivity contribution < 1.29 is 14.3 Å². The van der Waals surface area contributed by atoms with Crippen molar-refractivity contribution in [3.05, 3.63) is 35.5 Å². The standard InChI is InChI=1S/C19H22ClN3O3/c1-22(2)19(25)13-7-10-23(11-8-13)17(24)12-26-16-6-5-15(20)14-4-3-9-21-18(14)16/h3-6,9,13H,7-8,10-12H2,1-2H3. The van der Waals surface area contributed by atoms with Gasteiger partial charge in [-0.25, -0.2) is 0 Å². The molecule has 1 saturated heterocycles. The molecule has 1 aromatic heterocycles. The minimum atomic E-state index is -0.0835. The molecule has 1 aromatic carbocycles. The van der Waals surface area contributed by atoms with Crippen LogP contribution in [0.5, 0.6) is 5.75 Å². The molecule has 0 saturated carbocycles. The molecule has 0 N–H and O–H groups in total. The number of piperidine rings is 1. The van der Waals surface area contributed by atoms with Gasteiger partial charge < -0.3 is 14.5 Å². The van der Waals surface area contributed by atoms with E-state index in [9.17, 15) is 9.59 Å². The molecule has 0 aliphatic carbocycles. The molecule has 7 heteroatoms. The van der Waals surface area contributed by atoms with Gasteiger partial charge >= 0.3 is 0 Å². The molecule has 1 aliphatic heterocycles. The van der Waals surface area contributed by atoms with Crippen LogP contribution in [0.25, 0.3) is 10.9 Å². The van der Waals surface area contributed by atoms with E-state index in [1.165, 1.54) is 0 Å². The van der Waals surface area contributed by atoms with Crippen LogP contribution < -0.4 is 4.74 Å². The number of pyridine rings is 1. The number of ether oxygens (including phenoxy) is 1. The van der Waals surface area contributed by atoms with Crippen LogP contribution in [0.1, 0.15) is 12.8 Å². The number of halogens is 1. The van der Waals surface area contributed by atoms with Gasteiger partial charge in [0.05, 0.1) is 5.02 Å². The van der Waals surface area contributed by atoms with Gasteiger partial charge in [0.1, 0.15) is 11.3 Å². The summed E-state index contributed by atoms with van der Waals surface area (Å²) in [5, 5.41) is 1.39. The lowest BCUT2D eigenvalue weighted by Gasteiger charge is -2.32. The Hall–Kier alpha value is -2.34. The summed E-state index contributed by atoms with van der Waals surface area (Å²) < 4.78 is 5.71. The van der Waals surface area contributed by atoms with Gasteiger partial charge in [0.2, 0.25) is 5.91 Å². The van der Waals surface area contributed by atoms with Crippen molar-refractivity contribution >= 4 is 34.3 Å². The number of carbonyl (C=O) groups excluding carboxylic acids is 2. The van der Waals surface area contributed by atoms with Gasteiger partial charge in [-0.2, -0.15) is 0 Å². The fourth-order valence-corrected chi connectivity index (χ4v) is 3.42. The molecule has 1 fully saturated rings. The number of hydrogen-bond acceptors (Lipinski definition) is 4. The summed E-state index contributed by atoms with van der Waals surface area (Å²) in [6.45, 7) is 1.09. The second kappa shape index (κ2) is 7.91. The summed E-state index contributed by atoms with van der Waals surface area (Å²) in [5.74, 6) is 0.585. The van der Waals surface area contributed by atoms with Crippen LogP contribution in [-0.4, -0.2) is 60.4 Å². The minimum Gasteiger partial charge on any atom is -0.481 e. The molecule has 2 amide bonds. The van der Waals surface area contributed by atoms with Crippen molar-refractivity contribution in [1.82, 2.24) is 14.8 Å². The van der Waals surface area contributed by atoms with E-state index >= 15 is 0 Å². The van der Waals surface area contributed by atoms with Gasteiger partial charge in [0.25, 0.3) is 5.91 Å². The predicted molar refractivity (Wildman–Crippen MR) is 100 cm³/mol. The quantitative estimate of drug-likeness (QED) is 0.824. The van der Waals surface area contributed by atoms with Crippen LogP contribution >= 0.6 is 11.6 Å². The highest BCUT2D eigenvalue weighted by molar-refractivity contribution is 6.35. The molecule has 2 heterocycles. The lowest BCUT2D eigenvalue weighted by Crippen LogP contribution is -2.44. The molecule has 0 bridgehead atoms. The first kappa shape index (κ1) is 18.5. The Morgan fingerprint density at radius 1 is 1.27 bits per heavy atom. The third kappa shape index (κ3) is 3.90. The number of benzene rings is 1. The highest BCUT2D eigenvalue weighted by Crippen LogP contribution is 2.29. The summed E-state index contributed by atoms with van der Waals surface area (Å²) in [4.78, 5) is 32.1. The third-order valence-electron chi connectivity index (χ3n) is 4.67. The molecule has 2 aromatic rings. The monoisotopic (exact) mass is 375 g/mol. The Kier molecular flexibility index (Phi) is 5.61. The van der Waals surface area contributed by atoms with Crippen LogP contribution in [0.2, 0.25) is 5.02 Å². The van der Waals surface area contributed by atoms with Crippen molar-refractivity contribution in [3.8, 4) is 5.75 Å². The first-order valence-electron chi connectivity index (χ1n) is 8.62. The summed E-state index contributed by atoms with van der Waals surface area (Å²) in [6.07, 6.45) is 3.04. The Morgan fingerprint density at radius 2 is 2.00 bits per heavy atom. The second-order valence-corrected chi connectivity index (χ2v) is 7.03. The van der Waals surface area contributed by atoms with E-state index in [0.717, 1.165) is 5.39 Å². The SMILES string of the molecule is CN(C)C(=O)C1CCN(C(=O)COc2ccc(Cl)c3cccnc23)CC1. The maximum atomic E-state index is 12.4. The largest absolute Gasteiger partial charge is 0.481 e. The van der Waals surface area contributed by atoms with Crippen LogP contribution in [0, 0.1) is 5.92 Å². The highest BCUT2D eigenvalue weighted by atomic mass is 35.5. The highest BCUT2D eigenvalue weighted by Gasteiger charge is 2.28. The average molecular weight is 376 g/mol. The Morgan fingerprint density at radius 3 is 2.69 bits per heavy atom. The maximum Gasteiger partial charge on any atom is 0.260 e. The van der Waals surface area contributed by atoms with Gasteiger partial charge in [-0.3, -0.25) is 14.6 Å². The van der Waals surface area contributed by atoms with E-state index in [1.807, 2.05) is 12.1 Å². The topological polar surface area (TPSA) is 62.7 Å². The van der Waals surface area contributed by atoms with E-state index in [-0.39, 0.29) is 24.3 Å². The Labute approximate surface area is 157 Å². The summed E-state index contributed by atoms with van der Waals surface area (Å²) >= 11 is 6.17. The van der Waals surface area contributed by atoms with Crippen molar-refractivity contribution in [2.75, 3.05) is 33.8 Å². The first-order valence-corrected chi connectivity index (χ1v) is 9.00. The van der Waals surface area contributed by atoms with Crippen molar-refractivity contribution in [1.29, 1.82) is 0 Å². The number of aromatic nitrogens is 1. The number of hydrogen-bond donors (Lipinski definition) is 0. The number of rotatable bonds is 4. The zero-order valence-electron chi connectivity index (χ0n) is 14.9. The van der Waals surface area contributed by atoms with E-state index in [0.29, 0.717) is 42.2 Å². The summed E-state index contributed by atoms with van der Waals surface area (Å²) in [6, 6.07) is 7.14. The fraction of sp³-hybridized carbons (Fsp3) is 0.421. The molecule has 0 spiro atoms. The zero-order chi connectivity index (χ0) is 18.7. The van der Waals surface area contributed by atoms with E-state index in [1.54, 1.807) is 42.2 Å². The van der Waals surface area contributed by atoms with Gasteiger partial charge in [-0.05, 0) is 37.1 Å². The molecule has 26 heavy (non-hydrogen) atoms. The first-order chi connectivity index (χ1) is 12.5. The fourth-order valence-electron chi connectivity index (χ4n) is 3.20. The van der Waals surface area contributed by atoms with Crippen LogP contribution in [0.15, 0.2) is 30.5 Å². The summed E-state index contributed by atoms with van der Waals surface area (Å²) in [5.41, 5.74) is 0.642. The Bertz CT molecular complexity index is 817. The molecule has 0 unspecified atom stereocenters. The maximum absolute atomic E-state index is 12.4. The zero-order valence-corrected chi connectivity index (χ0v) is 15.7. The summed E-state index contributed by atoms with van der Waals surface area (Å²) in [7, 11) is 3.52. The number of amides is 2. The minimum absolute atomic E-state index is 0.000577. The van der Waals surface area contributed by atoms with Gasteiger partial charge in [0.15, 0.2) is 6.61 Å². The Balaban J connectivity index is 1.59. The molecule has 0 atom stereocenters. The van der Waals surface area contributed by atoms with E-state index in [4.69, 9.17) is 16.3 Å². The smallest absolute Gasteiger partial charge is 0.260 e. The number of likely N-dealkylation sites (tertiary alicyclic amines) is 1. The molecule has 3 rings (SSSR count). The lowest BCUT2D eigenvalue weighted by atomic mass is 9.95. The number of carbonyl (C=O) groups is 2. The van der Waals surface area contributed by atoms with Crippen molar-refractivity contribution in [2.45, 2.75) is 12.8 Å². The van der Waals surface area contributed by atoms with Crippen LogP contribution in [-0.2, 0) is 9.59 Å². The molecule has 0 radical (unpaired) electrons. The molecule has 138 valence electrons. The molecular formula is C19H22ClN3O3. The predicted octanol–water partition coefficient (Wildman–Crippen LogP) is 2.59. The van der Waals surface area contributed by atoms with Crippen molar-refractivity contribution in [3.63, 3.8) is 0 Å². The van der Waals surface area contributed by atoms with Gasteiger partial charge in [-0.15, -0.1) is 0 Å². The van der Waals surface area contributed by atoms with Crippen LogP contribution in [0.3, 0.4) is 0 Å². The average Bonchev–Trinajstić information content (AvgIpc) is 2.67.